The SMILES string of the molecule is CCOC(=O)CCCOc1ccc(C(=O)c2ccc(CCC(C)=C=O)cc2)cc1. The van der Waals surface area contributed by atoms with Crippen molar-refractivity contribution in [3.8, 4) is 5.75 Å². The fraction of sp³-hybridized carbons (Fsp3) is 0.333. The van der Waals surface area contributed by atoms with E-state index in [-0.39, 0.29) is 11.8 Å². The summed E-state index contributed by atoms with van der Waals surface area (Å²) in [5, 5.41) is 0. The summed E-state index contributed by atoms with van der Waals surface area (Å²) >= 11 is 0. The van der Waals surface area contributed by atoms with Crippen LogP contribution in [0.5, 0.6) is 5.75 Å². The first-order valence-electron chi connectivity index (χ1n) is 9.76. The number of rotatable bonds is 11. The summed E-state index contributed by atoms with van der Waals surface area (Å²) in [6, 6.07) is 14.4. The molecule has 0 bridgehead atoms. The predicted octanol–water partition coefficient (Wildman–Crippen LogP) is 4.35. The van der Waals surface area contributed by atoms with E-state index in [1.807, 2.05) is 18.1 Å². The van der Waals surface area contributed by atoms with Gasteiger partial charge in [-0.3, -0.25) is 9.59 Å². The zero-order chi connectivity index (χ0) is 21.1. The molecule has 5 heteroatoms. The lowest BCUT2D eigenvalue weighted by atomic mass is 10.00. The number of allylic oxidation sites excluding steroid dienone is 1. The number of carbonyl (C=O) groups excluding carboxylic acids is 3. The van der Waals surface area contributed by atoms with E-state index in [0.717, 1.165) is 12.0 Å². The molecule has 0 radical (unpaired) electrons. The average molecular weight is 394 g/mol. The van der Waals surface area contributed by atoms with Gasteiger partial charge in [-0.2, -0.15) is 0 Å². The molecule has 0 atom stereocenters. The van der Waals surface area contributed by atoms with E-state index >= 15 is 0 Å². The molecule has 0 saturated heterocycles. The van der Waals surface area contributed by atoms with Gasteiger partial charge in [0, 0.05) is 23.1 Å². The third-order valence-corrected chi connectivity index (χ3v) is 4.39. The Balaban J connectivity index is 1.86. The quantitative estimate of drug-likeness (QED) is 0.245. The van der Waals surface area contributed by atoms with Crippen molar-refractivity contribution in [1.29, 1.82) is 0 Å². The Kier molecular flexibility index (Phi) is 8.87. The van der Waals surface area contributed by atoms with Crippen LogP contribution in [0.2, 0.25) is 0 Å². The van der Waals surface area contributed by atoms with Gasteiger partial charge < -0.3 is 9.47 Å². The summed E-state index contributed by atoms with van der Waals surface area (Å²) in [7, 11) is 0. The van der Waals surface area contributed by atoms with Crippen LogP contribution in [-0.4, -0.2) is 30.9 Å². The molecule has 2 aromatic rings. The van der Waals surface area contributed by atoms with Crippen molar-refractivity contribution >= 4 is 17.7 Å². The lowest BCUT2D eigenvalue weighted by Gasteiger charge is -2.07. The van der Waals surface area contributed by atoms with Crippen LogP contribution in [0.3, 0.4) is 0 Å². The third kappa shape index (κ3) is 7.40. The molecule has 152 valence electrons. The standard InChI is InChI=1S/C24H26O5/c1-3-28-23(26)5-4-16-29-22-14-12-21(13-15-22)24(27)20-10-8-19(9-11-20)7-6-18(2)17-25/h8-15H,3-7,16H2,1-2H3. The Labute approximate surface area is 171 Å². The zero-order valence-corrected chi connectivity index (χ0v) is 16.9. The summed E-state index contributed by atoms with van der Waals surface area (Å²) in [6.45, 7) is 4.33. The largest absolute Gasteiger partial charge is 0.494 e. The van der Waals surface area contributed by atoms with Crippen molar-refractivity contribution < 1.29 is 23.9 Å². The maximum absolute atomic E-state index is 12.6. The highest BCUT2D eigenvalue weighted by atomic mass is 16.5. The lowest BCUT2D eigenvalue weighted by Crippen LogP contribution is -2.07. The van der Waals surface area contributed by atoms with Crippen molar-refractivity contribution in [3.05, 3.63) is 70.8 Å². The van der Waals surface area contributed by atoms with Gasteiger partial charge in [-0.15, -0.1) is 0 Å². The smallest absolute Gasteiger partial charge is 0.305 e. The molecule has 0 aliphatic rings. The molecular formula is C24H26O5. The first kappa shape index (κ1) is 22.1. The number of hydrogen-bond acceptors (Lipinski definition) is 5. The van der Waals surface area contributed by atoms with Gasteiger partial charge in [-0.1, -0.05) is 24.3 Å². The number of esters is 1. The molecule has 0 heterocycles. The summed E-state index contributed by atoms with van der Waals surface area (Å²) in [5.74, 6) is 2.27. The van der Waals surface area contributed by atoms with Crippen molar-refractivity contribution in [2.75, 3.05) is 13.2 Å². The number of hydrogen-bond donors (Lipinski definition) is 0. The van der Waals surface area contributed by atoms with Crippen LogP contribution >= 0.6 is 0 Å². The van der Waals surface area contributed by atoms with Gasteiger partial charge in [-0.05, 0) is 62.9 Å². The van der Waals surface area contributed by atoms with Crippen molar-refractivity contribution in [2.24, 2.45) is 0 Å². The first-order chi connectivity index (χ1) is 14.0. The average Bonchev–Trinajstić information content (AvgIpc) is 2.75. The van der Waals surface area contributed by atoms with Crippen LogP contribution in [0.25, 0.3) is 0 Å². The van der Waals surface area contributed by atoms with Gasteiger partial charge in [0.15, 0.2) is 5.78 Å². The van der Waals surface area contributed by atoms with E-state index in [1.54, 1.807) is 50.2 Å². The molecule has 0 saturated carbocycles. The fourth-order valence-electron chi connectivity index (χ4n) is 2.71. The van der Waals surface area contributed by atoms with Crippen LogP contribution in [0, 0.1) is 0 Å². The molecule has 0 aromatic heterocycles. The van der Waals surface area contributed by atoms with Gasteiger partial charge in [-0.25, -0.2) is 4.79 Å². The van der Waals surface area contributed by atoms with E-state index in [1.165, 1.54) is 0 Å². The van der Waals surface area contributed by atoms with Crippen LogP contribution in [0.4, 0.5) is 0 Å². The molecule has 2 rings (SSSR count). The highest BCUT2D eigenvalue weighted by molar-refractivity contribution is 6.09. The Bertz CT molecular complexity index is 859. The van der Waals surface area contributed by atoms with Crippen LogP contribution < -0.4 is 4.74 Å². The highest BCUT2D eigenvalue weighted by Crippen LogP contribution is 2.17. The molecular weight excluding hydrogens is 368 g/mol. The predicted molar refractivity (Wildman–Crippen MR) is 111 cm³/mol. The first-order valence-corrected chi connectivity index (χ1v) is 9.76. The Morgan fingerprint density at radius 1 is 0.931 bits per heavy atom. The molecule has 5 nitrogen and oxygen atoms in total. The van der Waals surface area contributed by atoms with Crippen molar-refractivity contribution in [2.45, 2.75) is 39.5 Å². The normalized spacial score (nSPS) is 10.1. The van der Waals surface area contributed by atoms with Crippen LogP contribution in [-0.2, 0) is 20.7 Å². The molecule has 2 aromatic carbocycles. The van der Waals surface area contributed by atoms with Crippen LogP contribution in [0.15, 0.2) is 54.1 Å². The van der Waals surface area contributed by atoms with Crippen molar-refractivity contribution in [3.63, 3.8) is 0 Å². The summed E-state index contributed by atoms with van der Waals surface area (Å²) < 4.78 is 10.5. The molecule has 0 unspecified atom stereocenters. The van der Waals surface area contributed by atoms with E-state index in [9.17, 15) is 14.4 Å². The van der Waals surface area contributed by atoms with Gasteiger partial charge in [0.05, 0.1) is 13.2 Å². The molecule has 0 N–H and O–H groups in total. The summed E-state index contributed by atoms with van der Waals surface area (Å²) in [5.41, 5.74) is 2.95. The second-order valence-corrected chi connectivity index (χ2v) is 6.69. The zero-order valence-electron chi connectivity index (χ0n) is 16.9. The molecule has 0 amide bonds. The molecule has 0 aliphatic carbocycles. The number of aryl methyl sites for hydroxylation is 1. The molecule has 0 aliphatic heterocycles. The number of ketones is 1. The number of carbonyl (C=O) groups is 2. The third-order valence-electron chi connectivity index (χ3n) is 4.39. The Hall–Kier alpha value is -3.17. The van der Waals surface area contributed by atoms with E-state index in [4.69, 9.17) is 9.47 Å². The summed E-state index contributed by atoms with van der Waals surface area (Å²) in [6.07, 6.45) is 2.31. The minimum atomic E-state index is -0.224. The van der Waals surface area contributed by atoms with Crippen molar-refractivity contribution in [1.82, 2.24) is 0 Å². The maximum atomic E-state index is 12.6. The maximum Gasteiger partial charge on any atom is 0.305 e. The van der Waals surface area contributed by atoms with Crippen LogP contribution in [0.1, 0.15) is 54.6 Å². The minimum Gasteiger partial charge on any atom is -0.494 e. The molecule has 0 spiro atoms. The Morgan fingerprint density at radius 2 is 1.55 bits per heavy atom. The second kappa shape index (κ2) is 11.6. The highest BCUT2D eigenvalue weighted by Gasteiger charge is 2.09. The second-order valence-electron chi connectivity index (χ2n) is 6.69. The summed E-state index contributed by atoms with van der Waals surface area (Å²) in [4.78, 5) is 34.4. The molecule has 29 heavy (non-hydrogen) atoms. The monoisotopic (exact) mass is 394 g/mol. The number of benzene rings is 2. The van der Waals surface area contributed by atoms with Gasteiger partial charge in [0.1, 0.15) is 11.7 Å². The lowest BCUT2D eigenvalue weighted by molar-refractivity contribution is -0.143. The fourth-order valence-corrected chi connectivity index (χ4v) is 2.71. The van der Waals surface area contributed by atoms with Gasteiger partial charge in [0.25, 0.3) is 0 Å². The number of ether oxygens (including phenoxy) is 2. The minimum absolute atomic E-state index is 0.0608. The molecule has 0 fully saturated rings. The van der Waals surface area contributed by atoms with Gasteiger partial charge in [0.2, 0.25) is 0 Å². The Morgan fingerprint density at radius 3 is 2.14 bits per heavy atom. The van der Waals surface area contributed by atoms with Gasteiger partial charge >= 0.3 is 5.97 Å². The van der Waals surface area contributed by atoms with E-state index in [2.05, 4.69) is 0 Å². The topological polar surface area (TPSA) is 69.7 Å². The van der Waals surface area contributed by atoms with E-state index in [0.29, 0.717) is 54.9 Å². The van der Waals surface area contributed by atoms with E-state index < -0.39 is 0 Å².